The van der Waals surface area contributed by atoms with Crippen LogP contribution in [0.5, 0.6) is 5.75 Å². The molecule has 2 amide bonds. The minimum absolute atomic E-state index is 0.0298. The van der Waals surface area contributed by atoms with Crippen molar-refractivity contribution in [1.29, 1.82) is 0 Å². The normalized spacial score (nSPS) is 19.0. The number of hydrogen-bond donors (Lipinski definition) is 1. The van der Waals surface area contributed by atoms with Crippen LogP contribution in [0.15, 0.2) is 89.0 Å². The lowest BCUT2D eigenvalue weighted by Crippen LogP contribution is -2.25. The molecule has 37 heavy (non-hydrogen) atoms. The van der Waals surface area contributed by atoms with Crippen LogP contribution in [0.25, 0.3) is 0 Å². The van der Waals surface area contributed by atoms with Gasteiger partial charge in [0.05, 0.1) is 18.4 Å². The van der Waals surface area contributed by atoms with E-state index in [1.807, 2.05) is 42.3 Å². The second-order valence-electron chi connectivity index (χ2n) is 8.94. The van der Waals surface area contributed by atoms with Gasteiger partial charge in [0.15, 0.2) is 5.17 Å². The molecule has 0 bridgehead atoms. The van der Waals surface area contributed by atoms with E-state index in [0.717, 1.165) is 22.6 Å². The Kier molecular flexibility index (Phi) is 7.37. The van der Waals surface area contributed by atoms with Crippen LogP contribution in [-0.4, -0.2) is 39.6 Å². The Labute approximate surface area is 220 Å². The SMILES string of the molecule is CCOc1ccc(NC(=O)CC2SC(N3N=C(c4ccccc4)CC3c3ccc(C)cc3)=NC2=O)cc1. The molecule has 0 aliphatic carbocycles. The fourth-order valence-electron chi connectivity index (χ4n) is 4.33. The van der Waals surface area contributed by atoms with Crippen molar-refractivity contribution >= 4 is 40.1 Å². The maximum atomic E-state index is 12.8. The highest BCUT2D eigenvalue weighted by atomic mass is 32.2. The molecule has 0 saturated heterocycles. The topological polar surface area (TPSA) is 83.4 Å². The fraction of sp³-hybridized carbons (Fsp3) is 0.241. The van der Waals surface area contributed by atoms with Crippen molar-refractivity contribution < 1.29 is 14.3 Å². The van der Waals surface area contributed by atoms with Crippen molar-refractivity contribution in [2.75, 3.05) is 11.9 Å². The summed E-state index contributed by atoms with van der Waals surface area (Å²) in [6, 6.07) is 25.5. The number of nitrogens with zero attached hydrogens (tertiary/aromatic N) is 3. The number of rotatable bonds is 7. The Hall–Kier alpha value is -3.91. The largest absolute Gasteiger partial charge is 0.494 e. The van der Waals surface area contributed by atoms with Crippen molar-refractivity contribution in [3.05, 3.63) is 95.6 Å². The van der Waals surface area contributed by atoms with Gasteiger partial charge >= 0.3 is 0 Å². The molecule has 7 nitrogen and oxygen atoms in total. The summed E-state index contributed by atoms with van der Waals surface area (Å²) in [7, 11) is 0. The summed E-state index contributed by atoms with van der Waals surface area (Å²) in [5.41, 5.74) is 4.93. The lowest BCUT2D eigenvalue weighted by atomic mass is 9.98. The Morgan fingerprint density at radius 3 is 2.49 bits per heavy atom. The Morgan fingerprint density at radius 1 is 1.05 bits per heavy atom. The number of anilines is 1. The number of carbonyl (C=O) groups is 2. The number of amidine groups is 1. The van der Waals surface area contributed by atoms with Crippen molar-refractivity contribution in [2.24, 2.45) is 10.1 Å². The van der Waals surface area contributed by atoms with E-state index in [0.29, 0.717) is 23.9 Å². The highest BCUT2D eigenvalue weighted by Crippen LogP contribution is 2.38. The standard InChI is InChI=1S/C29H28N4O3S/c1-3-36-23-15-13-22(14-16-23)30-27(34)18-26-28(35)31-29(37-26)33-25(21-11-9-19(2)10-12-21)17-24(32-33)20-7-5-4-6-8-20/h4-16,25-26H,3,17-18H2,1-2H3,(H,30,34). The first-order chi connectivity index (χ1) is 18.0. The number of aliphatic imine (C=N–C) groups is 1. The molecule has 188 valence electrons. The van der Waals surface area contributed by atoms with Gasteiger partial charge < -0.3 is 10.1 Å². The summed E-state index contributed by atoms with van der Waals surface area (Å²) in [6.07, 6.45) is 0.728. The molecule has 0 spiro atoms. The van der Waals surface area contributed by atoms with Gasteiger partial charge in [-0.05, 0) is 49.2 Å². The van der Waals surface area contributed by atoms with Crippen LogP contribution in [0.2, 0.25) is 0 Å². The second kappa shape index (κ2) is 11.0. The molecule has 0 fully saturated rings. The molecule has 3 aromatic rings. The predicted octanol–water partition coefficient (Wildman–Crippen LogP) is 5.57. The quantitative estimate of drug-likeness (QED) is 0.447. The predicted molar refractivity (Wildman–Crippen MR) is 148 cm³/mol. The third kappa shape index (κ3) is 5.75. The van der Waals surface area contributed by atoms with E-state index in [1.165, 1.54) is 17.3 Å². The zero-order valence-corrected chi connectivity index (χ0v) is 21.6. The lowest BCUT2D eigenvalue weighted by Gasteiger charge is -2.23. The highest BCUT2D eigenvalue weighted by Gasteiger charge is 2.39. The van der Waals surface area contributed by atoms with Crippen LogP contribution in [-0.2, 0) is 9.59 Å². The van der Waals surface area contributed by atoms with Crippen LogP contribution in [0, 0.1) is 6.92 Å². The van der Waals surface area contributed by atoms with Crippen LogP contribution in [0.1, 0.15) is 42.5 Å². The number of amides is 2. The van der Waals surface area contributed by atoms with E-state index in [1.54, 1.807) is 24.3 Å². The minimum Gasteiger partial charge on any atom is -0.494 e. The van der Waals surface area contributed by atoms with Crippen molar-refractivity contribution in [3.63, 3.8) is 0 Å². The molecule has 2 heterocycles. The number of aryl methyl sites for hydroxylation is 1. The maximum Gasteiger partial charge on any atom is 0.262 e. The molecule has 3 aromatic carbocycles. The van der Waals surface area contributed by atoms with E-state index in [2.05, 4.69) is 41.5 Å². The van der Waals surface area contributed by atoms with Gasteiger partial charge in [0.2, 0.25) is 5.91 Å². The van der Waals surface area contributed by atoms with Crippen molar-refractivity contribution in [2.45, 2.75) is 38.0 Å². The summed E-state index contributed by atoms with van der Waals surface area (Å²) < 4.78 is 5.44. The summed E-state index contributed by atoms with van der Waals surface area (Å²) >= 11 is 1.30. The minimum atomic E-state index is -0.590. The average Bonchev–Trinajstić information content (AvgIpc) is 3.50. The van der Waals surface area contributed by atoms with Crippen LogP contribution < -0.4 is 10.1 Å². The zero-order chi connectivity index (χ0) is 25.8. The van der Waals surface area contributed by atoms with Gasteiger partial charge in [-0.25, -0.2) is 5.01 Å². The van der Waals surface area contributed by atoms with Gasteiger partial charge in [-0.2, -0.15) is 10.1 Å². The number of thioether (sulfide) groups is 1. The van der Waals surface area contributed by atoms with E-state index >= 15 is 0 Å². The molecule has 0 saturated carbocycles. The van der Waals surface area contributed by atoms with Crippen LogP contribution in [0.3, 0.4) is 0 Å². The number of carbonyl (C=O) groups excluding carboxylic acids is 2. The van der Waals surface area contributed by atoms with E-state index in [-0.39, 0.29) is 24.3 Å². The molecule has 2 unspecified atom stereocenters. The summed E-state index contributed by atoms with van der Waals surface area (Å²) in [4.78, 5) is 29.8. The zero-order valence-electron chi connectivity index (χ0n) is 20.8. The van der Waals surface area contributed by atoms with Gasteiger partial charge in [-0.3, -0.25) is 9.59 Å². The van der Waals surface area contributed by atoms with Gasteiger partial charge in [-0.1, -0.05) is 71.9 Å². The van der Waals surface area contributed by atoms with Gasteiger partial charge in [-0.15, -0.1) is 0 Å². The van der Waals surface area contributed by atoms with Gasteiger partial charge in [0.25, 0.3) is 5.91 Å². The first kappa shape index (κ1) is 24.8. The maximum absolute atomic E-state index is 12.8. The number of hydrazone groups is 1. The highest BCUT2D eigenvalue weighted by molar-refractivity contribution is 8.15. The Bertz CT molecular complexity index is 1340. The molecule has 2 aliphatic heterocycles. The third-order valence-corrected chi connectivity index (χ3v) is 7.37. The van der Waals surface area contributed by atoms with E-state index in [9.17, 15) is 9.59 Å². The van der Waals surface area contributed by atoms with Gasteiger partial charge in [0.1, 0.15) is 11.0 Å². The van der Waals surface area contributed by atoms with Gasteiger partial charge in [0, 0.05) is 18.5 Å². The van der Waals surface area contributed by atoms with Crippen LogP contribution >= 0.6 is 11.8 Å². The number of ether oxygens (including phenoxy) is 1. The molecule has 2 atom stereocenters. The summed E-state index contributed by atoms with van der Waals surface area (Å²) in [6.45, 7) is 4.55. The molecule has 8 heteroatoms. The molecule has 5 rings (SSSR count). The Morgan fingerprint density at radius 2 is 1.78 bits per heavy atom. The average molecular weight is 513 g/mol. The summed E-state index contributed by atoms with van der Waals surface area (Å²) in [5.74, 6) is 0.188. The number of hydrogen-bond acceptors (Lipinski definition) is 6. The van der Waals surface area contributed by atoms with Crippen molar-refractivity contribution in [3.8, 4) is 5.75 Å². The molecule has 0 aromatic heterocycles. The van der Waals surface area contributed by atoms with E-state index in [4.69, 9.17) is 9.84 Å². The first-order valence-corrected chi connectivity index (χ1v) is 13.2. The molecule has 0 radical (unpaired) electrons. The van der Waals surface area contributed by atoms with Crippen molar-refractivity contribution in [1.82, 2.24) is 5.01 Å². The second-order valence-corrected chi connectivity index (χ2v) is 10.1. The summed E-state index contributed by atoms with van der Waals surface area (Å²) in [5, 5.41) is 9.54. The lowest BCUT2D eigenvalue weighted by molar-refractivity contribution is -0.121. The smallest absolute Gasteiger partial charge is 0.262 e. The monoisotopic (exact) mass is 512 g/mol. The Balaban J connectivity index is 1.30. The molecular weight excluding hydrogens is 484 g/mol. The fourth-order valence-corrected chi connectivity index (χ4v) is 5.39. The number of benzene rings is 3. The number of nitrogens with one attached hydrogen (secondary N) is 1. The third-order valence-electron chi connectivity index (χ3n) is 6.22. The van der Waals surface area contributed by atoms with Crippen LogP contribution in [0.4, 0.5) is 5.69 Å². The first-order valence-electron chi connectivity index (χ1n) is 12.3. The molecular formula is C29H28N4O3S. The molecule has 2 aliphatic rings. The molecule has 1 N–H and O–H groups in total. The van der Waals surface area contributed by atoms with E-state index < -0.39 is 5.25 Å².